The number of aliphatic hydroxyl groups is 8. The largest absolute Gasteiger partial charge is 0.490 e. The van der Waals surface area contributed by atoms with Crippen molar-refractivity contribution >= 4 is 22.6 Å². The SMILES string of the molecule is C#Cc1cc(OCCOCCOCCO[C@H]2O[C@H](CO)[C@@H](O)[C@H](O)[C@@H]2O)c(I)cc1OCCOCCOCCO[C@H]1O[C@H](CO)[C@@H](O)[C@H](O)[C@@H]1O. The van der Waals surface area contributed by atoms with E-state index in [0.29, 0.717) is 17.1 Å². The Hall–Kier alpha value is -1.53. The third-order valence-corrected chi connectivity index (χ3v) is 8.46. The lowest BCUT2D eigenvalue weighted by atomic mass is 9.99. The fourth-order valence-corrected chi connectivity index (χ4v) is 5.39. The van der Waals surface area contributed by atoms with E-state index in [9.17, 15) is 40.9 Å². The Morgan fingerprint density at radius 3 is 1.35 bits per heavy atom. The zero-order valence-corrected chi connectivity index (χ0v) is 30.1. The average molecular weight is 849 g/mol. The molecular weight excluding hydrogens is 799 g/mol. The topological polar surface area (TPSA) is 254 Å². The van der Waals surface area contributed by atoms with Crippen LogP contribution in [0, 0.1) is 15.9 Å². The van der Waals surface area contributed by atoms with Crippen LogP contribution in [0.15, 0.2) is 12.1 Å². The second-order valence-corrected chi connectivity index (χ2v) is 12.4. The zero-order chi connectivity index (χ0) is 37.2. The lowest BCUT2D eigenvalue weighted by Crippen LogP contribution is -2.59. The van der Waals surface area contributed by atoms with Gasteiger partial charge in [0, 0.05) is 6.07 Å². The first-order valence-corrected chi connectivity index (χ1v) is 17.4. The lowest BCUT2D eigenvalue weighted by molar-refractivity contribution is -0.302. The van der Waals surface area contributed by atoms with Crippen LogP contribution >= 0.6 is 22.6 Å². The maximum absolute atomic E-state index is 9.96. The Bertz CT molecular complexity index is 1150. The number of aliphatic hydroxyl groups excluding tert-OH is 8. The molecule has 8 N–H and O–H groups in total. The molecular formula is C32H49IO18. The summed E-state index contributed by atoms with van der Waals surface area (Å²) >= 11 is 2.11. The van der Waals surface area contributed by atoms with Crippen LogP contribution in [0.3, 0.4) is 0 Å². The summed E-state index contributed by atoms with van der Waals surface area (Å²) in [7, 11) is 0. The summed E-state index contributed by atoms with van der Waals surface area (Å²) < 4.78 is 55.5. The van der Waals surface area contributed by atoms with Gasteiger partial charge in [0.1, 0.15) is 73.5 Å². The molecule has 0 radical (unpaired) electrons. The predicted octanol–water partition coefficient (Wildman–Crippen LogP) is -3.27. The molecule has 292 valence electrons. The number of terminal acetylenes is 1. The van der Waals surface area contributed by atoms with Crippen LogP contribution < -0.4 is 9.47 Å². The zero-order valence-electron chi connectivity index (χ0n) is 27.9. The van der Waals surface area contributed by atoms with Crippen molar-refractivity contribution in [2.45, 2.75) is 61.4 Å². The van der Waals surface area contributed by atoms with Crippen LogP contribution in [0.25, 0.3) is 0 Å². The van der Waals surface area contributed by atoms with Crippen molar-refractivity contribution < 1.29 is 88.2 Å². The van der Waals surface area contributed by atoms with Gasteiger partial charge in [-0.2, -0.15) is 0 Å². The van der Waals surface area contributed by atoms with Gasteiger partial charge in [-0.3, -0.25) is 0 Å². The molecule has 18 nitrogen and oxygen atoms in total. The van der Waals surface area contributed by atoms with E-state index in [2.05, 4.69) is 28.5 Å². The third-order valence-electron chi connectivity index (χ3n) is 7.62. The third kappa shape index (κ3) is 14.0. The van der Waals surface area contributed by atoms with E-state index in [1.54, 1.807) is 12.1 Å². The number of hydrogen-bond donors (Lipinski definition) is 8. The monoisotopic (exact) mass is 848 g/mol. The summed E-state index contributed by atoms with van der Waals surface area (Å²) in [6, 6.07) is 3.47. The maximum atomic E-state index is 9.96. The summed E-state index contributed by atoms with van der Waals surface area (Å²) in [6.45, 7) is 1.48. The summed E-state index contributed by atoms with van der Waals surface area (Å²) in [5.41, 5.74) is 0.508. The number of benzene rings is 1. The second-order valence-electron chi connectivity index (χ2n) is 11.2. The molecule has 2 saturated heterocycles. The van der Waals surface area contributed by atoms with Crippen molar-refractivity contribution in [2.75, 3.05) is 92.5 Å². The van der Waals surface area contributed by atoms with E-state index in [1.807, 2.05) is 0 Å². The van der Waals surface area contributed by atoms with Crippen molar-refractivity contribution in [3.8, 4) is 23.8 Å². The van der Waals surface area contributed by atoms with Gasteiger partial charge in [0.25, 0.3) is 0 Å². The molecule has 2 fully saturated rings. The summed E-state index contributed by atoms with van der Waals surface area (Å²) in [5, 5.41) is 77.5. The average Bonchev–Trinajstić information content (AvgIpc) is 3.13. The van der Waals surface area contributed by atoms with Gasteiger partial charge in [-0.15, -0.1) is 6.42 Å². The van der Waals surface area contributed by atoms with Gasteiger partial charge in [0.2, 0.25) is 0 Å². The van der Waals surface area contributed by atoms with Gasteiger partial charge in [-0.25, -0.2) is 0 Å². The number of ether oxygens (including phenoxy) is 10. The summed E-state index contributed by atoms with van der Waals surface area (Å²) in [6.07, 6.45) is -7.66. The molecule has 51 heavy (non-hydrogen) atoms. The molecule has 0 spiro atoms. The van der Waals surface area contributed by atoms with Gasteiger partial charge in [-0.1, -0.05) is 5.92 Å². The molecule has 0 aliphatic carbocycles. The maximum Gasteiger partial charge on any atom is 0.186 e. The smallest absolute Gasteiger partial charge is 0.186 e. The molecule has 10 atom stereocenters. The molecule has 3 rings (SSSR count). The fourth-order valence-electron chi connectivity index (χ4n) is 4.80. The highest BCUT2D eigenvalue weighted by molar-refractivity contribution is 14.1. The molecule has 0 bridgehead atoms. The van der Waals surface area contributed by atoms with Crippen LogP contribution in [0.1, 0.15) is 5.56 Å². The Kier molecular flexibility index (Phi) is 20.6. The Labute approximate surface area is 309 Å². The molecule has 2 aliphatic heterocycles. The summed E-state index contributed by atoms with van der Waals surface area (Å²) in [5.74, 6) is 3.67. The Morgan fingerprint density at radius 1 is 0.549 bits per heavy atom. The van der Waals surface area contributed by atoms with E-state index < -0.39 is 74.6 Å². The normalized spacial score (nSPS) is 29.5. The van der Waals surface area contributed by atoms with Gasteiger partial charge in [0.05, 0.1) is 88.4 Å². The molecule has 1 aromatic rings. The Balaban J connectivity index is 1.19. The van der Waals surface area contributed by atoms with Gasteiger partial charge in [0.15, 0.2) is 12.6 Å². The van der Waals surface area contributed by atoms with E-state index in [1.165, 1.54) is 0 Å². The van der Waals surface area contributed by atoms with Crippen molar-refractivity contribution in [2.24, 2.45) is 0 Å². The first kappa shape index (κ1) is 43.9. The molecule has 1 aromatic carbocycles. The van der Waals surface area contributed by atoms with Crippen LogP contribution in [-0.2, 0) is 37.9 Å². The first-order chi connectivity index (χ1) is 24.6. The molecule has 2 aliphatic rings. The molecule has 2 heterocycles. The number of halogens is 1. The molecule has 0 aromatic heterocycles. The van der Waals surface area contributed by atoms with Crippen molar-refractivity contribution in [1.29, 1.82) is 0 Å². The fraction of sp³-hybridized carbons (Fsp3) is 0.750. The minimum Gasteiger partial charge on any atom is -0.490 e. The standard InChI is InChI=1S/C32H49IO18/c1-2-19-15-22(47-12-8-43-4-6-45-10-14-49-32-30(41)28(39)26(37)24(18-35)51-32)20(33)16-21(19)46-11-7-42-3-5-44-9-13-48-31-29(40)27(38)25(36)23(17-34)50-31/h1,15-16,23-32,34-41H,3-14,17-18H2/t23-,24-,25-,26-,27+,28+,29+,30+,31+,32+/m1/s1. The highest BCUT2D eigenvalue weighted by Crippen LogP contribution is 2.30. The molecule has 19 heteroatoms. The van der Waals surface area contributed by atoms with Crippen LogP contribution in [0.4, 0.5) is 0 Å². The quantitative estimate of drug-likeness (QED) is 0.0289. The van der Waals surface area contributed by atoms with Crippen LogP contribution in [-0.4, -0.2) is 195 Å². The van der Waals surface area contributed by atoms with E-state index in [0.717, 1.165) is 3.57 Å². The Morgan fingerprint density at radius 2 is 0.941 bits per heavy atom. The highest BCUT2D eigenvalue weighted by atomic mass is 127. The van der Waals surface area contributed by atoms with E-state index >= 15 is 0 Å². The lowest BCUT2D eigenvalue weighted by Gasteiger charge is -2.39. The number of rotatable bonds is 24. The minimum absolute atomic E-state index is 0.0404. The van der Waals surface area contributed by atoms with Gasteiger partial charge < -0.3 is 88.2 Å². The van der Waals surface area contributed by atoms with Gasteiger partial charge in [-0.05, 0) is 28.7 Å². The molecule has 0 amide bonds. The molecule has 0 saturated carbocycles. The second kappa shape index (κ2) is 24.0. The van der Waals surface area contributed by atoms with Gasteiger partial charge >= 0.3 is 0 Å². The van der Waals surface area contributed by atoms with E-state index in [-0.39, 0.29) is 79.3 Å². The van der Waals surface area contributed by atoms with E-state index in [4.69, 9.17) is 53.8 Å². The van der Waals surface area contributed by atoms with Crippen LogP contribution in [0.2, 0.25) is 0 Å². The predicted molar refractivity (Wildman–Crippen MR) is 181 cm³/mol. The highest BCUT2D eigenvalue weighted by Gasteiger charge is 2.45. The number of hydrogen-bond acceptors (Lipinski definition) is 18. The van der Waals surface area contributed by atoms with Crippen LogP contribution in [0.5, 0.6) is 11.5 Å². The van der Waals surface area contributed by atoms with Crippen molar-refractivity contribution in [1.82, 2.24) is 0 Å². The summed E-state index contributed by atoms with van der Waals surface area (Å²) in [4.78, 5) is 0. The molecule has 0 unspecified atom stereocenters. The first-order valence-electron chi connectivity index (χ1n) is 16.3. The van der Waals surface area contributed by atoms with Crippen molar-refractivity contribution in [3.05, 3.63) is 21.3 Å². The van der Waals surface area contributed by atoms with Crippen molar-refractivity contribution in [3.63, 3.8) is 0 Å². The minimum atomic E-state index is -1.51.